The van der Waals surface area contributed by atoms with E-state index in [0.29, 0.717) is 0 Å². The first-order valence-corrected chi connectivity index (χ1v) is 3.66. The van der Waals surface area contributed by atoms with E-state index in [1.807, 2.05) is 0 Å². The van der Waals surface area contributed by atoms with Gasteiger partial charge in [-0.1, -0.05) is 6.92 Å². The van der Waals surface area contributed by atoms with E-state index in [2.05, 4.69) is 0 Å². The molecule has 1 atom stereocenters. The first-order chi connectivity index (χ1) is 5.65. The van der Waals surface area contributed by atoms with E-state index in [0.717, 1.165) is 18.2 Å². The zero-order chi connectivity index (χ0) is 9.14. The van der Waals surface area contributed by atoms with Crippen LogP contribution in [0, 0.1) is 11.6 Å². The van der Waals surface area contributed by atoms with Crippen LogP contribution in [-0.2, 0) is 0 Å². The minimum atomic E-state index is -0.680. The highest BCUT2D eigenvalue weighted by Crippen LogP contribution is 2.20. The molecule has 1 unspecified atom stereocenters. The van der Waals surface area contributed by atoms with Crippen molar-refractivity contribution < 1.29 is 13.2 Å². The highest BCUT2D eigenvalue weighted by Gasteiger charge is 2.10. The maximum absolute atomic E-state index is 12.9. The predicted octanol–water partition coefficient (Wildman–Crippen LogP) is 3.04. The van der Waals surface area contributed by atoms with Crippen molar-refractivity contribution in [1.82, 2.24) is 0 Å². The molecule has 0 aliphatic rings. The molecule has 1 aromatic carbocycles. The van der Waals surface area contributed by atoms with Crippen LogP contribution in [0.25, 0.3) is 0 Å². The maximum atomic E-state index is 12.9. The lowest BCUT2D eigenvalue weighted by Gasteiger charge is -2.07. The van der Waals surface area contributed by atoms with Crippen LogP contribution in [0.2, 0.25) is 0 Å². The lowest BCUT2D eigenvalue weighted by Crippen LogP contribution is -1.99. The summed E-state index contributed by atoms with van der Waals surface area (Å²) in [7, 11) is 0. The Kier molecular flexibility index (Phi) is 2.74. The molecule has 0 radical (unpaired) electrons. The molecule has 0 saturated heterocycles. The summed E-state index contributed by atoms with van der Waals surface area (Å²) in [5.74, 6) is -1.67. The van der Waals surface area contributed by atoms with E-state index < -0.39 is 24.2 Å². The van der Waals surface area contributed by atoms with Crippen molar-refractivity contribution in [3.8, 4) is 0 Å². The van der Waals surface area contributed by atoms with E-state index in [4.69, 9.17) is 0 Å². The number of alkyl halides is 1. The highest BCUT2D eigenvalue weighted by molar-refractivity contribution is 5.22. The molecule has 0 nitrogen and oxygen atoms in total. The topological polar surface area (TPSA) is 0 Å². The molecular weight excluding hydrogens is 165 g/mol. The first-order valence-electron chi connectivity index (χ1n) is 3.66. The van der Waals surface area contributed by atoms with E-state index in [-0.39, 0.29) is 5.56 Å². The van der Waals surface area contributed by atoms with Gasteiger partial charge in [0, 0.05) is 5.92 Å². The molecule has 1 rings (SSSR count). The largest absolute Gasteiger partial charge is 0.250 e. The number of hydrogen-bond donors (Lipinski definition) is 0. The van der Waals surface area contributed by atoms with Gasteiger partial charge in [0.25, 0.3) is 0 Å². The molecule has 0 heterocycles. The summed E-state index contributed by atoms with van der Waals surface area (Å²) in [4.78, 5) is 0. The van der Waals surface area contributed by atoms with Gasteiger partial charge in [0.1, 0.15) is 11.6 Å². The summed E-state index contributed by atoms with van der Waals surface area (Å²) in [5.41, 5.74) is 0.0949. The van der Waals surface area contributed by atoms with E-state index in [9.17, 15) is 13.2 Å². The van der Waals surface area contributed by atoms with Crippen molar-refractivity contribution in [1.29, 1.82) is 0 Å². The van der Waals surface area contributed by atoms with Gasteiger partial charge in [0.2, 0.25) is 0 Å². The van der Waals surface area contributed by atoms with Gasteiger partial charge >= 0.3 is 0 Å². The molecule has 0 bridgehead atoms. The van der Waals surface area contributed by atoms with Crippen LogP contribution in [-0.4, -0.2) is 6.67 Å². The third-order valence-electron chi connectivity index (χ3n) is 1.72. The maximum Gasteiger partial charge on any atom is 0.126 e. The smallest absolute Gasteiger partial charge is 0.126 e. The Morgan fingerprint density at radius 3 is 2.58 bits per heavy atom. The Balaban J connectivity index is 3.04. The molecule has 1 aromatic rings. The fourth-order valence-electron chi connectivity index (χ4n) is 0.975. The Hall–Kier alpha value is -0.990. The SMILES string of the molecule is CC(CF)c1cc(F)ccc1F. The third-order valence-corrected chi connectivity index (χ3v) is 1.72. The van der Waals surface area contributed by atoms with Crippen molar-refractivity contribution in [3.63, 3.8) is 0 Å². The van der Waals surface area contributed by atoms with Gasteiger partial charge in [-0.2, -0.15) is 0 Å². The second kappa shape index (κ2) is 3.61. The fraction of sp³-hybridized carbons (Fsp3) is 0.333. The zero-order valence-corrected chi connectivity index (χ0v) is 6.65. The van der Waals surface area contributed by atoms with E-state index in [1.54, 1.807) is 0 Å². The molecule has 0 fully saturated rings. The van der Waals surface area contributed by atoms with Crippen LogP contribution in [0.5, 0.6) is 0 Å². The number of rotatable bonds is 2. The van der Waals surface area contributed by atoms with Crippen LogP contribution < -0.4 is 0 Å². The molecule has 0 saturated carbocycles. The van der Waals surface area contributed by atoms with Gasteiger partial charge in [0.15, 0.2) is 0 Å². The highest BCUT2D eigenvalue weighted by atomic mass is 19.1. The summed E-state index contributed by atoms with van der Waals surface area (Å²) >= 11 is 0. The molecule has 0 aliphatic carbocycles. The summed E-state index contributed by atoms with van der Waals surface area (Å²) < 4.78 is 37.5. The van der Waals surface area contributed by atoms with Crippen molar-refractivity contribution in [2.45, 2.75) is 12.8 Å². The second-order valence-electron chi connectivity index (χ2n) is 2.72. The monoisotopic (exact) mass is 174 g/mol. The van der Waals surface area contributed by atoms with Crippen molar-refractivity contribution >= 4 is 0 Å². The zero-order valence-electron chi connectivity index (χ0n) is 6.65. The summed E-state index contributed by atoms with van der Waals surface area (Å²) in [6, 6.07) is 3.06. The third kappa shape index (κ3) is 1.78. The average Bonchev–Trinajstić information content (AvgIpc) is 2.08. The Morgan fingerprint density at radius 1 is 1.33 bits per heavy atom. The minimum absolute atomic E-state index is 0.0949. The number of halogens is 3. The van der Waals surface area contributed by atoms with E-state index >= 15 is 0 Å². The van der Waals surface area contributed by atoms with Crippen LogP contribution in [0.1, 0.15) is 18.4 Å². The van der Waals surface area contributed by atoms with Crippen LogP contribution in [0.4, 0.5) is 13.2 Å². The van der Waals surface area contributed by atoms with Gasteiger partial charge in [-0.15, -0.1) is 0 Å². The summed E-state index contributed by atoms with van der Waals surface area (Å²) in [6.45, 7) is 0.832. The van der Waals surface area contributed by atoms with Gasteiger partial charge in [0.05, 0.1) is 6.67 Å². The van der Waals surface area contributed by atoms with Gasteiger partial charge in [-0.05, 0) is 23.8 Å². The lowest BCUT2D eigenvalue weighted by atomic mass is 10.0. The molecule has 12 heavy (non-hydrogen) atoms. The van der Waals surface area contributed by atoms with Gasteiger partial charge in [-0.3, -0.25) is 4.39 Å². The molecule has 0 N–H and O–H groups in total. The van der Waals surface area contributed by atoms with E-state index in [1.165, 1.54) is 6.92 Å². The quantitative estimate of drug-likeness (QED) is 0.646. The Bertz CT molecular complexity index is 270. The van der Waals surface area contributed by atoms with Crippen LogP contribution >= 0.6 is 0 Å². The average molecular weight is 174 g/mol. The molecule has 0 amide bonds. The number of benzene rings is 1. The number of hydrogen-bond acceptors (Lipinski definition) is 0. The standard InChI is InChI=1S/C9H9F3/c1-6(5-10)8-4-7(11)2-3-9(8)12/h2-4,6H,5H2,1H3. The molecule has 0 spiro atoms. The predicted molar refractivity (Wildman–Crippen MR) is 40.7 cm³/mol. The van der Waals surface area contributed by atoms with Crippen molar-refractivity contribution in [3.05, 3.63) is 35.4 Å². The van der Waals surface area contributed by atoms with Crippen molar-refractivity contribution in [2.24, 2.45) is 0 Å². The molecule has 0 aromatic heterocycles. The van der Waals surface area contributed by atoms with Crippen molar-refractivity contribution in [2.75, 3.05) is 6.67 Å². The molecule has 3 heteroatoms. The lowest BCUT2D eigenvalue weighted by molar-refractivity contribution is 0.435. The second-order valence-corrected chi connectivity index (χ2v) is 2.72. The first kappa shape index (κ1) is 9.10. The van der Waals surface area contributed by atoms with Gasteiger partial charge in [-0.25, -0.2) is 8.78 Å². The molecule has 0 aliphatic heterocycles. The molecular formula is C9H9F3. The molecule has 66 valence electrons. The Labute approximate surface area is 69.0 Å². The van der Waals surface area contributed by atoms with Crippen LogP contribution in [0.3, 0.4) is 0 Å². The summed E-state index contributed by atoms with van der Waals surface area (Å²) in [5, 5.41) is 0. The summed E-state index contributed by atoms with van der Waals surface area (Å²) in [6.07, 6.45) is 0. The van der Waals surface area contributed by atoms with Crippen LogP contribution in [0.15, 0.2) is 18.2 Å². The Morgan fingerprint density at radius 2 is 2.00 bits per heavy atom. The fourth-order valence-corrected chi connectivity index (χ4v) is 0.975. The normalized spacial score (nSPS) is 13.0. The van der Waals surface area contributed by atoms with Gasteiger partial charge < -0.3 is 0 Å². The minimum Gasteiger partial charge on any atom is -0.250 e.